The van der Waals surface area contributed by atoms with Crippen molar-refractivity contribution in [3.63, 3.8) is 0 Å². The van der Waals surface area contributed by atoms with Crippen LogP contribution in [-0.4, -0.2) is 23.3 Å². The van der Waals surface area contributed by atoms with Crippen molar-refractivity contribution in [3.05, 3.63) is 59.8 Å². The number of ether oxygens (including phenoxy) is 2. The number of aliphatic imine (C=N–C) groups is 1. The van der Waals surface area contributed by atoms with Crippen LogP contribution in [0.15, 0.2) is 53.7 Å². The van der Waals surface area contributed by atoms with Gasteiger partial charge in [-0.15, -0.1) is 0 Å². The molecule has 5 nitrogen and oxygen atoms in total. The van der Waals surface area contributed by atoms with E-state index in [1.807, 2.05) is 30.3 Å². The van der Waals surface area contributed by atoms with Crippen molar-refractivity contribution in [2.75, 3.05) is 6.79 Å². The number of pyridine rings is 1. The summed E-state index contributed by atoms with van der Waals surface area (Å²) in [6, 6.07) is 13.4. The Balaban J connectivity index is 1.64. The monoisotopic (exact) mass is 316 g/mol. The number of hydrogen-bond acceptors (Lipinski definition) is 5. The van der Waals surface area contributed by atoms with Gasteiger partial charge in [-0.1, -0.05) is 18.2 Å². The highest BCUT2D eigenvalue weighted by atomic mass is 16.7. The third-order valence-electron chi connectivity index (χ3n) is 4.30. The summed E-state index contributed by atoms with van der Waals surface area (Å²) in [6.45, 7) is 0.178. The Hall–Kier alpha value is -3.21. The van der Waals surface area contributed by atoms with Gasteiger partial charge in [0, 0.05) is 28.8 Å². The molecule has 24 heavy (non-hydrogen) atoms. The van der Waals surface area contributed by atoms with Crippen LogP contribution in [0.5, 0.6) is 11.5 Å². The topological polar surface area (TPSA) is 60.8 Å². The first-order valence-corrected chi connectivity index (χ1v) is 7.67. The summed E-state index contributed by atoms with van der Waals surface area (Å²) in [7, 11) is 0. The molecule has 5 rings (SSSR count). The lowest BCUT2D eigenvalue weighted by atomic mass is 9.96. The maximum Gasteiger partial charge on any atom is 0.231 e. The normalized spacial score (nSPS) is 15.3. The van der Waals surface area contributed by atoms with Gasteiger partial charge in [-0.3, -0.25) is 14.8 Å². The van der Waals surface area contributed by atoms with Crippen LogP contribution in [0, 0.1) is 0 Å². The first-order valence-electron chi connectivity index (χ1n) is 7.67. The van der Waals surface area contributed by atoms with Gasteiger partial charge in [0.25, 0.3) is 0 Å². The molecule has 2 aliphatic rings. The molecule has 3 heterocycles. The number of rotatable bonds is 1. The molecule has 0 atom stereocenters. The fourth-order valence-corrected chi connectivity index (χ4v) is 3.07. The summed E-state index contributed by atoms with van der Waals surface area (Å²) in [6.07, 6.45) is 2.03. The smallest absolute Gasteiger partial charge is 0.231 e. The lowest BCUT2D eigenvalue weighted by Crippen LogP contribution is -2.14. The Morgan fingerprint density at radius 1 is 1.00 bits per heavy atom. The predicted octanol–water partition coefficient (Wildman–Crippen LogP) is 3.67. The van der Waals surface area contributed by atoms with Crippen LogP contribution >= 0.6 is 0 Å². The highest BCUT2D eigenvalue weighted by Crippen LogP contribution is 2.40. The largest absolute Gasteiger partial charge is 0.454 e. The number of para-hydroxylation sites is 1. The van der Waals surface area contributed by atoms with Gasteiger partial charge in [-0.2, -0.15) is 0 Å². The molecule has 0 saturated heterocycles. The molecule has 0 amide bonds. The van der Waals surface area contributed by atoms with Crippen molar-refractivity contribution in [2.24, 2.45) is 4.99 Å². The van der Waals surface area contributed by atoms with Crippen LogP contribution in [0.25, 0.3) is 10.9 Å². The van der Waals surface area contributed by atoms with E-state index in [0.717, 1.165) is 22.2 Å². The van der Waals surface area contributed by atoms with Crippen molar-refractivity contribution in [2.45, 2.75) is 6.42 Å². The SMILES string of the molecule is O=C1CC(c2cnc3ccccc3c2)=Nc2cc3c(cc21)OCO3. The Kier molecular flexibility index (Phi) is 2.70. The first-order chi connectivity index (χ1) is 11.8. The second-order valence-electron chi connectivity index (χ2n) is 5.80. The third kappa shape index (κ3) is 1.98. The van der Waals surface area contributed by atoms with Crippen LogP contribution in [0.4, 0.5) is 5.69 Å². The minimum atomic E-state index is 0.0291. The lowest BCUT2D eigenvalue weighted by Gasteiger charge is -2.15. The number of hydrogen-bond donors (Lipinski definition) is 0. The second kappa shape index (κ2) is 4.89. The Bertz CT molecular complexity index is 1040. The average molecular weight is 316 g/mol. The highest BCUT2D eigenvalue weighted by Gasteiger charge is 2.26. The number of carbonyl (C=O) groups excluding carboxylic acids is 1. The molecule has 3 aromatic rings. The van der Waals surface area contributed by atoms with E-state index in [0.29, 0.717) is 22.7 Å². The Morgan fingerprint density at radius 2 is 1.83 bits per heavy atom. The number of benzene rings is 2. The number of Topliss-reactive ketones (excluding diaryl/α,β-unsaturated/α-hetero) is 1. The zero-order valence-electron chi connectivity index (χ0n) is 12.7. The molecule has 0 fully saturated rings. The van der Waals surface area contributed by atoms with E-state index in [1.54, 1.807) is 18.3 Å². The summed E-state index contributed by atoms with van der Waals surface area (Å²) in [5, 5.41) is 1.03. The molecular weight excluding hydrogens is 304 g/mol. The number of aromatic nitrogens is 1. The molecule has 0 saturated carbocycles. The molecule has 0 N–H and O–H groups in total. The number of nitrogens with zero attached hydrogens (tertiary/aromatic N) is 2. The second-order valence-corrected chi connectivity index (χ2v) is 5.80. The molecule has 2 aromatic carbocycles. The van der Waals surface area contributed by atoms with Crippen LogP contribution in [0.2, 0.25) is 0 Å². The molecule has 0 spiro atoms. The van der Waals surface area contributed by atoms with Crippen molar-refractivity contribution >= 4 is 28.1 Å². The average Bonchev–Trinajstić information content (AvgIpc) is 3.07. The molecule has 0 unspecified atom stereocenters. The summed E-state index contributed by atoms with van der Waals surface area (Å²) < 4.78 is 10.7. The van der Waals surface area contributed by atoms with Gasteiger partial charge < -0.3 is 9.47 Å². The van der Waals surface area contributed by atoms with E-state index in [-0.39, 0.29) is 19.0 Å². The first kappa shape index (κ1) is 13.2. The quantitative estimate of drug-likeness (QED) is 0.687. The van der Waals surface area contributed by atoms with E-state index >= 15 is 0 Å². The highest BCUT2D eigenvalue weighted by molar-refractivity contribution is 6.21. The maximum absolute atomic E-state index is 12.5. The van der Waals surface area contributed by atoms with Gasteiger partial charge in [-0.05, 0) is 18.2 Å². The minimum Gasteiger partial charge on any atom is -0.454 e. The maximum atomic E-state index is 12.5. The summed E-state index contributed by atoms with van der Waals surface area (Å²) in [5.41, 5.74) is 3.72. The van der Waals surface area contributed by atoms with Crippen LogP contribution < -0.4 is 9.47 Å². The fourth-order valence-electron chi connectivity index (χ4n) is 3.07. The number of carbonyl (C=O) groups is 1. The van der Waals surface area contributed by atoms with Crippen molar-refractivity contribution < 1.29 is 14.3 Å². The number of ketones is 1. The Labute approximate surface area is 137 Å². The van der Waals surface area contributed by atoms with Gasteiger partial charge in [0.2, 0.25) is 6.79 Å². The molecule has 0 aliphatic carbocycles. The van der Waals surface area contributed by atoms with Gasteiger partial charge in [0.1, 0.15) is 0 Å². The molecule has 0 bridgehead atoms. The van der Waals surface area contributed by atoms with Gasteiger partial charge in [-0.25, -0.2) is 0 Å². The predicted molar refractivity (Wildman–Crippen MR) is 89.5 cm³/mol. The number of fused-ring (bicyclic) bond motifs is 3. The molecule has 5 heteroatoms. The molecule has 0 radical (unpaired) electrons. The van der Waals surface area contributed by atoms with Gasteiger partial charge >= 0.3 is 0 Å². The van der Waals surface area contributed by atoms with Crippen LogP contribution in [0.1, 0.15) is 22.3 Å². The van der Waals surface area contributed by atoms with E-state index in [4.69, 9.17) is 9.47 Å². The van der Waals surface area contributed by atoms with Crippen molar-refractivity contribution in [1.82, 2.24) is 4.98 Å². The molecule has 2 aliphatic heterocycles. The zero-order chi connectivity index (χ0) is 16.1. The van der Waals surface area contributed by atoms with Gasteiger partial charge in [0.15, 0.2) is 17.3 Å². The fraction of sp³-hybridized carbons (Fsp3) is 0.105. The molecule has 116 valence electrons. The van der Waals surface area contributed by atoms with Crippen LogP contribution in [0.3, 0.4) is 0 Å². The minimum absolute atomic E-state index is 0.0291. The van der Waals surface area contributed by atoms with E-state index in [1.165, 1.54) is 0 Å². The van der Waals surface area contributed by atoms with Crippen molar-refractivity contribution in [3.8, 4) is 11.5 Å². The van der Waals surface area contributed by atoms with Crippen molar-refractivity contribution in [1.29, 1.82) is 0 Å². The molecule has 1 aromatic heterocycles. The standard InChI is InChI=1S/C19H12N2O3/c22-17-7-15(12-5-11-3-1-2-4-14(11)20-9-12)21-16-8-19-18(6-13(16)17)23-10-24-19/h1-6,8-9H,7,10H2. The van der Waals surface area contributed by atoms with E-state index in [9.17, 15) is 4.79 Å². The Morgan fingerprint density at radius 3 is 2.75 bits per heavy atom. The summed E-state index contributed by atoms with van der Waals surface area (Å²) in [5.74, 6) is 1.26. The van der Waals surface area contributed by atoms with E-state index in [2.05, 4.69) is 9.98 Å². The lowest BCUT2D eigenvalue weighted by molar-refractivity contribution is 0.0999. The zero-order valence-corrected chi connectivity index (χ0v) is 12.7. The summed E-state index contributed by atoms with van der Waals surface area (Å²) >= 11 is 0. The van der Waals surface area contributed by atoms with E-state index < -0.39 is 0 Å². The van der Waals surface area contributed by atoms with Gasteiger partial charge in [0.05, 0.1) is 23.3 Å². The van der Waals surface area contributed by atoms with Crippen LogP contribution in [-0.2, 0) is 0 Å². The third-order valence-corrected chi connectivity index (χ3v) is 4.30. The molecular formula is C19H12N2O3. The summed E-state index contributed by atoms with van der Waals surface area (Å²) in [4.78, 5) is 21.7.